The van der Waals surface area contributed by atoms with Gasteiger partial charge in [0.2, 0.25) is 12.4 Å². The third kappa shape index (κ3) is 4.13. The molecule has 0 spiro atoms. The molecule has 0 aliphatic carbocycles. The van der Waals surface area contributed by atoms with E-state index in [1.165, 1.54) is 4.90 Å². The number of rotatable bonds is 8. The lowest BCUT2D eigenvalue weighted by atomic mass is 10.2. The number of aryl methyl sites for hydroxylation is 1. The molecule has 0 saturated carbocycles. The van der Waals surface area contributed by atoms with E-state index < -0.39 is 0 Å². The number of methoxy groups -OCH3 is 2. The Hall–Kier alpha value is -4.27. The summed E-state index contributed by atoms with van der Waals surface area (Å²) in [6.45, 7) is 0. The van der Waals surface area contributed by atoms with Crippen molar-refractivity contribution in [2.75, 3.05) is 31.5 Å². The fraction of sp³-hybridized carbons (Fsp3) is 0.174. The van der Waals surface area contributed by atoms with Gasteiger partial charge in [0, 0.05) is 38.5 Å². The number of nitrogens with one attached hydrogen (secondary N) is 1. The first-order valence-electron chi connectivity index (χ1n) is 9.80. The Morgan fingerprint density at radius 1 is 1.00 bits per heavy atom. The summed E-state index contributed by atoms with van der Waals surface area (Å²) in [6.07, 6.45) is 2.28. The van der Waals surface area contributed by atoms with E-state index >= 15 is 0 Å². The van der Waals surface area contributed by atoms with Gasteiger partial charge in [-0.3, -0.25) is 4.79 Å². The van der Waals surface area contributed by atoms with Crippen molar-refractivity contribution in [2.45, 2.75) is 0 Å². The monoisotopic (exact) mass is 433 g/mol. The van der Waals surface area contributed by atoms with E-state index in [1.54, 1.807) is 39.6 Å². The van der Waals surface area contributed by atoms with Crippen LogP contribution in [0.5, 0.6) is 23.0 Å². The van der Waals surface area contributed by atoms with Crippen LogP contribution in [0, 0.1) is 0 Å². The number of nitrogens with zero attached hydrogens (tertiary/aromatic N) is 4. The number of anilines is 3. The van der Waals surface area contributed by atoms with Gasteiger partial charge < -0.3 is 29.0 Å². The Balaban J connectivity index is 1.62. The summed E-state index contributed by atoms with van der Waals surface area (Å²) in [5, 5.41) is 3.31. The lowest BCUT2D eigenvalue weighted by Crippen LogP contribution is -2.14. The van der Waals surface area contributed by atoms with Crippen molar-refractivity contribution < 1.29 is 19.0 Å². The third-order valence-electron chi connectivity index (χ3n) is 4.98. The largest absolute Gasteiger partial charge is 0.497 e. The quantitative estimate of drug-likeness (QED) is 0.418. The Morgan fingerprint density at radius 2 is 1.78 bits per heavy atom. The summed E-state index contributed by atoms with van der Waals surface area (Å²) in [5.41, 5.74) is 2.43. The number of hydrogen-bond donors (Lipinski definition) is 1. The number of fused-ring (bicyclic) bond motifs is 1. The van der Waals surface area contributed by atoms with Gasteiger partial charge in [0.25, 0.3) is 0 Å². The molecule has 164 valence electrons. The van der Waals surface area contributed by atoms with Gasteiger partial charge in [-0.2, -0.15) is 0 Å². The summed E-state index contributed by atoms with van der Waals surface area (Å²) in [5.74, 6) is 3.71. The molecule has 2 heterocycles. The SMILES string of the molecule is COc1ccc(OC)c(Nc2nc3cc(Oc4ccnc(N(C)C=O)c4)ccc3n2C)c1. The van der Waals surface area contributed by atoms with Crippen molar-refractivity contribution in [2.24, 2.45) is 7.05 Å². The summed E-state index contributed by atoms with van der Waals surface area (Å²) in [6, 6.07) is 14.6. The lowest BCUT2D eigenvalue weighted by molar-refractivity contribution is -0.107. The number of amides is 1. The van der Waals surface area contributed by atoms with Gasteiger partial charge in [0.1, 0.15) is 28.8 Å². The topological polar surface area (TPSA) is 90.7 Å². The number of carbonyl (C=O) groups excluding carboxylic acids is 1. The molecule has 0 saturated heterocycles. The van der Waals surface area contributed by atoms with E-state index in [9.17, 15) is 4.79 Å². The Morgan fingerprint density at radius 3 is 2.53 bits per heavy atom. The van der Waals surface area contributed by atoms with Gasteiger partial charge in [-0.05, 0) is 30.3 Å². The zero-order valence-corrected chi connectivity index (χ0v) is 18.2. The van der Waals surface area contributed by atoms with Gasteiger partial charge in [-0.15, -0.1) is 0 Å². The highest BCUT2D eigenvalue weighted by molar-refractivity contribution is 5.82. The van der Waals surface area contributed by atoms with Crippen LogP contribution in [-0.4, -0.2) is 42.2 Å². The molecule has 9 heteroatoms. The third-order valence-corrected chi connectivity index (χ3v) is 4.98. The second-order valence-corrected chi connectivity index (χ2v) is 7.00. The van der Waals surface area contributed by atoms with Gasteiger partial charge in [-0.1, -0.05) is 0 Å². The van der Waals surface area contributed by atoms with E-state index in [4.69, 9.17) is 19.2 Å². The zero-order chi connectivity index (χ0) is 22.7. The summed E-state index contributed by atoms with van der Waals surface area (Å²) in [7, 11) is 6.79. The second kappa shape index (κ2) is 8.84. The molecule has 4 aromatic rings. The van der Waals surface area contributed by atoms with E-state index in [1.807, 2.05) is 48.0 Å². The van der Waals surface area contributed by atoms with E-state index in [2.05, 4.69) is 10.3 Å². The minimum absolute atomic E-state index is 0.495. The van der Waals surface area contributed by atoms with E-state index in [0.29, 0.717) is 41.2 Å². The van der Waals surface area contributed by atoms with Crippen molar-refractivity contribution in [1.29, 1.82) is 0 Å². The second-order valence-electron chi connectivity index (χ2n) is 7.00. The molecular formula is C23H23N5O4. The van der Waals surface area contributed by atoms with Crippen LogP contribution >= 0.6 is 0 Å². The smallest absolute Gasteiger partial charge is 0.215 e. The molecule has 1 amide bonds. The maximum atomic E-state index is 11.0. The molecule has 0 fully saturated rings. The van der Waals surface area contributed by atoms with Crippen LogP contribution in [-0.2, 0) is 11.8 Å². The van der Waals surface area contributed by atoms with Crippen molar-refractivity contribution in [3.05, 3.63) is 54.7 Å². The molecule has 1 N–H and O–H groups in total. The zero-order valence-electron chi connectivity index (χ0n) is 18.2. The number of benzene rings is 2. The number of imidazole rings is 1. The Bertz CT molecular complexity index is 1270. The highest BCUT2D eigenvalue weighted by Crippen LogP contribution is 2.33. The number of carbonyl (C=O) groups is 1. The highest BCUT2D eigenvalue weighted by Gasteiger charge is 2.13. The standard InChI is InChI=1S/C23H23N5O4/c1-27(14-29)22-13-17(9-10-24-22)32-16-5-7-20-18(12-16)25-23(28(20)2)26-19-11-15(30-3)6-8-21(19)31-4/h5-14H,1-4H3,(H,25,26). The molecule has 0 aliphatic rings. The molecule has 0 unspecified atom stereocenters. The van der Waals surface area contributed by atoms with Crippen LogP contribution in [0.15, 0.2) is 54.7 Å². The average molecular weight is 433 g/mol. The molecule has 0 atom stereocenters. The van der Waals surface area contributed by atoms with Gasteiger partial charge in [0.05, 0.1) is 30.9 Å². The van der Waals surface area contributed by atoms with Gasteiger partial charge >= 0.3 is 0 Å². The van der Waals surface area contributed by atoms with Gasteiger partial charge in [-0.25, -0.2) is 9.97 Å². The molecule has 32 heavy (non-hydrogen) atoms. The van der Waals surface area contributed by atoms with Crippen molar-refractivity contribution in [1.82, 2.24) is 14.5 Å². The molecular weight excluding hydrogens is 410 g/mol. The maximum absolute atomic E-state index is 11.0. The lowest BCUT2D eigenvalue weighted by Gasteiger charge is -2.12. The van der Waals surface area contributed by atoms with Crippen molar-refractivity contribution >= 4 is 34.9 Å². The molecule has 0 aliphatic heterocycles. The molecule has 0 radical (unpaired) electrons. The molecule has 4 rings (SSSR count). The average Bonchev–Trinajstić information content (AvgIpc) is 3.13. The van der Waals surface area contributed by atoms with Crippen LogP contribution in [0.2, 0.25) is 0 Å². The van der Waals surface area contributed by atoms with Crippen molar-refractivity contribution in [3.8, 4) is 23.0 Å². The predicted molar refractivity (Wildman–Crippen MR) is 122 cm³/mol. The summed E-state index contributed by atoms with van der Waals surface area (Å²) in [4.78, 5) is 21.2. The van der Waals surface area contributed by atoms with E-state index in [-0.39, 0.29) is 0 Å². The molecule has 2 aromatic carbocycles. The summed E-state index contributed by atoms with van der Waals surface area (Å²) < 4.78 is 18.7. The number of pyridine rings is 1. The number of ether oxygens (including phenoxy) is 3. The highest BCUT2D eigenvalue weighted by atomic mass is 16.5. The Kier molecular flexibility index (Phi) is 5.80. The maximum Gasteiger partial charge on any atom is 0.215 e. The van der Waals surface area contributed by atoms with Crippen molar-refractivity contribution in [3.63, 3.8) is 0 Å². The van der Waals surface area contributed by atoms with E-state index in [0.717, 1.165) is 16.7 Å². The normalized spacial score (nSPS) is 10.6. The summed E-state index contributed by atoms with van der Waals surface area (Å²) >= 11 is 0. The van der Waals surface area contributed by atoms with Crippen LogP contribution in [0.25, 0.3) is 11.0 Å². The fourth-order valence-corrected chi connectivity index (χ4v) is 3.23. The van der Waals surface area contributed by atoms with Crippen LogP contribution < -0.4 is 24.4 Å². The fourth-order valence-electron chi connectivity index (χ4n) is 3.23. The minimum Gasteiger partial charge on any atom is -0.497 e. The first-order chi connectivity index (χ1) is 15.5. The first-order valence-corrected chi connectivity index (χ1v) is 9.80. The number of hydrogen-bond acceptors (Lipinski definition) is 7. The molecule has 0 bridgehead atoms. The van der Waals surface area contributed by atoms with Crippen LogP contribution in [0.4, 0.5) is 17.5 Å². The minimum atomic E-state index is 0.495. The van der Waals surface area contributed by atoms with Crippen LogP contribution in [0.3, 0.4) is 0 Å². The number of aromatic nitrogens is 3. The first kappa shape index (κ1) is 21.0. The van der Waals surface area contributed by atoms with Crippen LogP contribution in [0.1, 0.15) is 0 Å². The molecule has 2 aromatic heterocycles. The predicted octanol–water partition coefficient (Wildman–Crippen LogP) is 4.11. The van der Waals surface area contributed by atoms with Gasteiger partial charge in [0.15, 0.2) is 0 Å². The Labute approximate surface area is 185 Å². The molecule has 9 nitrogen and oxygen atoms in total.